The predicted molar refractivity (Wildman–Crippen MR) is 123 cm³/mol. The minimum atomic E-state index is 0.221. The first-order chi connectivity index (χ1) is 14.8. The molecule has 2 atom stereocenters. The molecule has 0 aliphatic carbocycles. The number of nitrogens with zero attached hydrogens (tertiary/aromatic N) is 4. The highest BCUT2D eigenvalue weighted by molar-refractivity contribution is 5.86. The Balaban J connectivity index is 1.50. The van der Waals surface area contributed by atoms with Crippen LogP contribution in [-0.2, 0) is 18.3 Å². The lowest BCUT2D eigenvalue weighted by Gasteiger charge is -2.22. The average molecular weight is 421 g/mol. The van der Waals surface area contributed by atoms with Crippen LogP contribution in [0.4, 0.5) is 0 Å². The summed E-state index contributed by atoms with van der Waals surface area (Å²) in [6.45, 7) is 9.16. The Hall–Kier alpha value is -2.89. The van der Waals surface area contributed by atoms with E-state index in [4.69, 9.17) is 9.72 Å². The van der Waals surface area contributed by atoms with Gasteiger partial charge >= 0.3 is 0 Å². The summed E-state index contributed by atoms with van der Waals surface area (Å²) >= 11 is 0. The summed E-state index contributed by atoms with van der Waals surface area (Å²) in [6, 6.07) is 8.99. The molecule has 0 saturated carbocycles. The molecule has 3 heterocycles. The van der Waals surface area contributed by atoms with Crippen LogP contribution in [0, 0.1) is 20.8 Å². The normalized spacial score (nSPS) is 18.7. The number of aromatic nitrogens is 3. The number of aryl methyl sites for hydroxylation is 4. The number of methoxy groups -OCH3 is 1. The molecule has 164 valence electrons. The van der Waals surface area contributed by atoms with Crippen molar-refractivity contribution in [1.82, 2.24) is 19.7 Å². The van der Waals surface area contributed by atoms with Crippen molar-refractivity contribution < 1.29 is 9.53 Å². The number of carbonyl (C=O) groups excluding carboxylic acids is 1. The number of amides is 1. The maximum atomic E-state index is 13.1. The molecule has 3 aromatic rings. The molecule has 0 unspecified atom stereocenters. The van der Waals surface area contributed by atoms with Crippen molar-refractivity contribution in [2.75, 3.05) is 13.7 Å². The zero-order valence-corrected chi connectivity index (χ0v) is 19.4. The largest absolute Gasteiger partial charge is 0.479 e. The molecule has 6 nitrogen and oxygen atoms in total. The van der Waals surface area contributed by atoms with Crippen LogP contribution in [0.5, 0.6) is 5.88 Å². The van der Waals surface area contributed by atoms with Gasteiger partial charge in [0.25, 0.3) is 0 Å². The number of rotatable bonds is 5. The molecule has 1 saturated heterocycles. The molecule has 4 rings (SSSR count). The zero-order valence-electron chi connectivity index (χ0n) is 19.4. The van der Waals surface area contributed by atoms with Crippen LogP contribution in [0.15, 0.2) is 24.3 Å². The summed E-state index contributed by atoms with van der Waals surface area (Å²) in [5.74, 6) is 1.23. The third-order valence-corrected chi connectivity index (χ3v) is 6.75. The summed E-state index contributed by atoms with van der Waals surface area (Å²) in [6.07, 6.45) is 2.19. The van der Waals surface area contributed by atoms with Crippen molar-refractivity contribution in [3.8, 4) is 5.88 Å². The van der Waals surface area contributed by atoms with Crippen LogP contribution in [0.3, 0.4) is 0 Å². The fraction of sp³-hybridized carbons (Fsp3) is 0.480. The number of pyridine rings is 1. The van der Waals surface area contributed by atoms with Crippen LogP contribution < -0.4 is 4.74 Å². The maximum absolute atomic E-state index is 13.1. The van der Waals surface area contributed by atoms with Gasteiger partial charge in [0, 0.05) is 37.7 Å². The van der Waals surface area contributed by atoms with Gasteiger partial charge in [0.1, 0.15) is 0 Å². The highest BCUT2D eigenvalue weighted by Crippen LogP contribution is 2.33. The van der Waals surface area contributed by atoms with Crippen molar-refractivity contribution in [2.45, 2.75) is 58.9 Å². The second-order valence-corrected chi connectivity index (χ2v) is 8.87. The highest BCUT2D eigenvalue weighted by atomic mass is 16.5. The van der Waals surface area contributed by atoms with Gasteiger partial charge in [-0.2, -0.15) is 0 Å². The molecule has 1 aromatic carbocycles. The van der Waals surface area contributed by atoms with Crippen molar-refractivity contribution >= 4 is 16.9 Å². The lowest BCUT2D eigenvalue weighted by molar-refractivity contribution is -0.131. The van der Waals surface area contributed by atoms with E-state index in [-0.39, 0.29) is 11.9 Å². The fourth-order valence-corrected chi connectivity index (χ4v) is 4.94. The van der Waals surface area contributed by atoms with Crippen LogP contribution >= 0.6 is 0 Å². The topological polar surface area (TPSA) is 60.2 Å². The molecule has 1 fully saturated rings. The van der Waals surface area contributed by atoms with Crippen molar-refractivity contribution in [3.63, 3.8) is 0 Å². The van der Waals surface area contributed by atoms with E-state index in [1.54, 1.807) is 11.8 Å². The minimum absolute atomic E-state index is 0.221. The molecular formula is C25H32N4O2. The van der Waals surface area contributed by atoms with Gasteiger partial charge in [-0.05, 0) is 57.2 Å². The standard InChI is InChI=1S/C25H32N4O2/c1-15-7-9-19(10-8-15)20-13-16(2)29(14-20)22(30)12-11-21-17(3)23-24(26-18(21)4)28(5)27-25(23)31-6/h7-10,16,20H,11-14H2,1-6H3/t16-,20-/m1/s1. The molecule has 1 aliphatic heterocycles. The molecule has 0 N–H and O–H groups in total. The summed E-state index contributed by atoms with van der Waals surface area (Å²) in [7, 11) is 3.50. The molecule has 31 heavy (non-hydrogen) atoms. The third-order valence-electron chi connectivity index (χ3n) is 6.75. The van der Waals surface area contributed by atoms with Crippen LogP contribution in [-0.4, -0.2) is 45.3 Å². The Bertz CT molecular complexity index is 1120. The summed E-state index contributed by atoms with van der Waals surface area (Å²) in [4.78, 5) is 19.9. The number of benzene rings is 1. The molecular weight excluding hydrogens is 388 g/mol. The summed E-state index contributed by atoms with van der Waals surface area (Å²) < 4.78 is 7.21. The van der Waals surface area contributed by atoms with Gasteiger partial charge in [-0.25, -0.2) is 9.67 Å². The molecule has 0 bridgehead atoms. The van der Waals surface area contributed by atoms with Crippen molar-refractivity contribution in [1.29, 1.82) is 0 Å². The first-order valence-electron chi connectivity index (χ1n) is 11.0. The number of hydrogen-bond acceptors (Lipinski definition) is 4. The van der Waals surface area contributed by atoms with Gasteiger partial charge in [0.05, 0.1) is 12.5 Å². The highest BCUT2D eigenvalue weighted by Gasteiger charge is 2.33. The Morgan fingerprint density at radius 1 is 1.19 bits per heavy atom. The summed E-state index contributed by atoms with van der Waals surface area (Å²) in [5, 5.41) is 5.36. The second-order valence-electron chi connectivity index (χ2n) is 8.87. The minimum Gasteiger partial charge on any atom is -0.479 e. The third kappa shape index (κ3) is 3.91. The molecule has 1 amide bonds. The number of likely N-dealkylation sites (tertiary alicyclic amines) is 1. The number of fused-ring (bicyclic) bond motifs is 1. The van der Waals surface area contributed by atoms with E-state index in [2.05, 4.69) is 55.0 Å². The lowest BCUT2D eigenvalue weighted by atomic mass is 9.96. The Morgan fingerprint density at radius 3 is 2.58 bits per heavy atom. The SMILES string of the molecule is COc1nn(C)c2nc(C)c(CCC(=O)N3C[C@H](c4ccc(C)cc4)C[C@H]3C)c(C)c12. The van der Waals surface area contributed by atoms with Gasteiger partial charge in [-0.1, -0.05) is 29.8 Å². The van der Waals surface area contributed by atoms with E-state index in [0.29, 0.717) is 24.6 Å². The number of carbonyl (C=O) groups is 1. The monoisotopic (exact) mass is 420 g/mol. The van der Waals surface area contributed by atoms with Crippen molar-refractivity contribution in [3.05, 3.63) is 52.2 Å². The van der Waals surface area contributed by atoms with Gasteiger partial charge in [-0.3, -0.25) is 4.79 Å². The molecule has 2 aromatic heterocycles. The molecule has 6 heteroatoms. The number of ether oxygens (including phenoxy) is 1. The number of hydrogen-bond donors (Lipinski definition) is 0. The van der Waals surface area contributed by atoms with E-state index in [0.717, 1.165) is 40.8 Å². The Kier molecular flexibility index (Phi) is 5.73. The average Bonchev–Trinajstić information content (AvgIpc) is 3.28. The lowest BCUT2D eigenvalue weighted by Crippen LogP contribution is -2.34. The van der Waals surface area contributed by atoms with E-state index in [1.807, 2.05) is 14.0 Å². The van der Waals surface area contributed by atoms with E-state index in [1.165, 1.54) is 11.1 Å². The van der Waals surface area contributed by atoms with Gasteiger partial charge in [0.2, 0.25) is 11.8 Å². The predicted octanol–water partition coefficient (Wildman–Crippen LogP) is 4.24. The van der Waals surface area contributed by atoms with E-state index >= 15 is 0 Å². The summed E-state index contributed by atoms with van der Waals surface area (Å²) in [5.41, 5.74) is 6.59. The maximum Gasteiger partial charge on any atom is 0.242 e. The second kappa shape index (κ2) is 8.33. The van der Waals surface area contributed by atoms with Gasteiger partial charge < -0.3 is 9.64 Å². The molecule has 0 spiro atoms. The zero-order chi connectivity index (χ0) is 22.3. The van der Waals surface area contributed by atoms with Crippen LogP contribution in [0.25, 0.3) is 11.0 Å². The first-order valence-corrected chi connectivity index (χ1v) is 11.0. The fourth-order valence-electron chi connectivity index (χ4n) is 4.94. The Morgan fingerprint density at radius 2 is 1.90 bits per heavy atom. The molecule has 0 radical (unpaired) electrons. The van der Waals surface area contributed by atoms with E-state index < -0.39 is 0 Å². The van der Waals surface area contributed by atoms with Gasteiger partial charge in [-0.15, -0.1) is 5.10 Å². The van der Waals surface area contributed by atoms with Crippen molar-refractivity contribution in [2.24, 2.45) is 7.05 Å². The molecule has 1 aliphatic rings. The van der Waals surface area contributed by atoms with Crippen LogP contribution in [0.1, 0.15) is 53.6 Å². The smallest absolute Gasteiger partial charge is 0.242 e. The Labute approximate surface area is 184 Å². The van der Waals surface area contributed by atoms with E-state index in [9.17, 15) is 4.79 Å². The quantitative estimate of drug-likeness (QED) is 0.619. The van der Waals surface area contributed by atoms with Gasteiger partial charge in [0.15, 0.2) is 5.65 Å². The first kappa shape index (κ1) is 21.3. The van der Waals surface area contributed by atoms with Crippen LogP contribution in [0.2, 0.25) is 0 Å².